The molecule has 148 valence electrons. The van der Waals surface area contributed by atoms with Crippen LogP contribution in [0.2, 0.25) is 5.02 Å². The third-order valence-corrected chi connectivity index (χ3v) is 5.24. The SMILES string of the molecule is COc1ccc(N2C(=O)C[C@H](c3c(C)[nH]n(-c4cccc(Cl)c4)c3=O)C2=O)cc1. The highest BCUT2D eigenvalue weighted by Gasteiger charge is 2.43. The van der Waals surface area contributed by atoms with Crippen molar-refractivity contribution in [3.05, 3.63) is 75.2 Å². The molecule has 0 unspecified atom stereocenters. The maximum Gasteiger partial charge on any atom is 0.275 e. The molecule has 2 heterocycles. The third-order valence-electron chi connectivity index (χ3n) is 5.01. The topological polar surface area (TPSA) is 84.4 Å². The molecule has 2 aromatic carbocycles. The fourth-order valence-corrected chi connectivity index (χ4v) is 3.81. The standard InChI is InChI=1S/C21H18ClN3O4/c1-12-19(21(28)25(23-12)15-5-3-4-13(22)10-15)17-11-18(26)24(20(17)27)14-6-8-16(29-2)9-7-14/h3-10,17,23H,11H2,1-2H3/t17-/m1/s1. The molecule has 0 aliphatic carbocycles. The van der Waals surface area contributed by atoms with Crippen LogP contribution in [0.3, 0.4) is 0 Å². The van der Waals surface area contributed by atoms with E-state index in [0.717, 1.165) is 4.90 Å². The van der Waals surface area contributed by atoms with Crippen LogP contribution in [0, 0.1) is 6.92 Å². The number of imide groups is 1. The van der Waals surface area contributed by atoms with Gasteiger partial charge in [0.15, 0.2) is 0 Å². The number of nitrogens with one attached hydrogen (secondary N) is 1. The minimum absolute atomic E-state index is 0.0612. The maximum atomic E-state index is 13.1. The van der Waals surface area contributed by atoms with Crippen LogP contribution in [0.15, 0.2) is 53.3 Å². The van der Waals surface area contributed by atoms with Gasteiger partial charge >= 0.3 is 0 Å². The molecule has 1 N–H and O–H groups in total. The summed E-state index contributed by atoms with van der Waals surface area (Å²) in [4.78, 5) is 39.9. The molecule has 0 spiro atoms. The molecule has 2 amide bonds. The normalized spacial score (nSPS) is 16.5. The largest absolute Gasteiger partial charge is 0.497 e. The Labute approximate surface area is 171 Å². The highest BCUT2D eigenvalue weighted by molar-refractivity contribution is 6.30. The van der Waals surface area contributed by atoms with E-state index in [2.05, 4.69) is 5.10 Å². The van der Waals surface area contributed by atoms with E-state index in [4.69, 9.17) is 16.3 Å². The first-order chi connectivity index (χ1) is 13.9. The van der Waals surface area contributed by atoms with E-state index in [9.17, 15) is 14.4 Å². The van der Waals surface area contributed by atoms with E-state index in [1.807, 2.05) is 0 Å². The maximum absolute atomic E-state index is 13.1. The summed E-state index contributed by atoms with van der Waals surface area (Å²) in [6.07, 6.45) is -0.0612. The average molecular weight is 412 g/mol. The molecule has 0 bridgehead atoms. The van der Waals surface area contributed by atoms with Gasteiger partial charge in [-0.25, -0.2) is 9.58 Å². The number of hydrogen-bond acceptors (Lipinski definition) is 4. The molecule has 0 saturated carbocycles. The zero-order valence-electron chi connectivity index (χ0n) is 15.8. The third kappa shape index (κ3) is 3.23. The van der Waals surface area contributed by atoms with E-state index in [-0.39, 0.29) is 17.9 Å². The summed E-state index contributed by atoms with van der Waals surface area (Å²) in [6, 6.07) is 13.5. The number of rotatable bonds is 4. The van der Waals surface area contributed by atoms with Crippen molar-refractivity contribution >= 4 is 29.1 Å². The van der Waals surface area contributed by atoms with Gasteiger partial charge in [-0.1, -0.05) is 17.7 Å². The summed E-state index contributed by atoms with van der Waals surface area (Å²) in [5, 5.41) is 3.47. The first kappa shape index (κ1) is 19.0. The Balaban J connectivity index is 1.71. The Hall–Kier alpha value is -3.32. The van der Waals surface area contributed by atoms with Gasteiger partial charge in [-0.2, -0.15) is 0 Å². The van der Waals surface area contributed by atoms with Crippen LogP contribution >= 0.6 is 11.6 Å². The second kappa shape index (κ2) is 7.25. The Morgan fingerprint density at radius 3 is 2.45 bits per heavy atom. The number of amides is 2. The highest BCUT2D eigenvalue weighted by atomic mass is 35.5. The average Bonchev–Trinajstić information content (AvgIpc) is 3.16. The fourth-order valence-electron chi connectivity index (χ4n) is 3.63. The van der Waals surface area contributed by atoms with Crippen molar-refractivity contribution in [2.24, 2.45) is 0 Å². The zero-order chi connectivity index (χ0) is 20.7. The van der Waals surface area contributed by atoms with Gasteiger partial charge in [0.2, 0.25) is 11.8 Å². The summed E-state index contributed by atoms with van der Waals surface area (Å²) in [7, 11) is 1.54. The van der Waals surface area contributed by atoms with Gasteiger partial charge in [-0.15, -0.1) is 0 Å². The quantitative estimate of drug-likeness (QED) is 0.668. The van der Waals surface area contributed by atoms with Crippen LogP contribution in [0.5, 0.6) is 5.75 Å². The molecule has 7 nitrogen and oxygen atoms in total. The molecule has 1 aliphatic rings. The predicted molar refractivity (Wildman–Crippen MR) is 109 cm³/mol. The number of halogens is 1. The first-order valence-electron chi connectivity index (χ1n) is 8.99. The van der Waals surface area contributed by atoms with Crippen LogP contribution in [0.4, 0.5) is 5.69 Å². The number of H-pyrrole nitrogens is 1. The molecular formula is C21H18ClN3O4. The second-order valence-electron chi connectivity index (χ2n) is 6.79. The number of aromatic amines is 1. The van der Waals surface area contributed by atoms with E-state index >= 15 is 0 Å². The Morgan fingerprint density at radius 1 is 1.07 bits per heavy atom. The molecule has 4 rings (SSSR count). The lowest BCUT2D eigenvalue weighted by atomic mass is 9.98. The summed E-state index contributed by atoms with van der Waals surface area (Å²) in [6.45, 7) is 1.71. The molecule has 1 saturated heterocycles. The first-order valence-corrected chi connectivity index (χ1v) is 9.37. The molecule has 1 aliphatic heterocycles. The number of nitrogens with zero attached hydrogens (tertiary/aromatic N) is 2. The van der Waals surface area contributed by atoms with Crippen molar-refractivity contribution in [2.75, 3.05) is 12.0 Å². The fraction of sp³-hybridized carbons (Fsp3) is 0.190. The monoisotopic (exact) mass is 411 g/mol. The molecular weight excluding hydrogens is 394 g/mol. The van der Waals surface area contributed by atoms with Crippen molar-refractivity contribution < 1.29 is 14.3 Å². The number of aryl methyl sites for hydroxylation is 1. The van der Waals surface area contributed by atoms with Gasteiger partial charge in [0.05, 0.1) is 30.0 Å². The van der Waals surface area contributed by atoms with Crippen LogP contribution in [0.1, 0.15) is 23.6 Å². The molecule has 0 radical (unpaired) electrons. The summed E-state index contributed by atoms with van der Waals surface area (Å²) >= 11 is 6.03. The molecule has 3 aromatic rings. The molecule has 29 heavy (non-hydrogen) atoms. The lowest BCUT2D eigenvalue weighted by Crippen LogP contribution is -2.31. The number of carbonyl (C=O) groups is 2. The van der Waals surface area contributed by atoms with Gasteiger partial charge in [-0.3, -0.25) is 19.5 Å². The van der Waals surface area contributed by atoms with Crippen molar-refractivity contribution in [1.29, 1.82) is 0 Å². The van der Waals surface area contributed by atoms with Crippen LogP contribution in [0.25, 0.3) is 5.69 Å². The Bertz CT molecular complexity index is 1160. The van der Waals surface area contributed by atoms with Crippen molar-refractivity contribution in [1.82, 2.24) is 9.78 Å². The van der Waals surface area contributed by atoms with Crippen LogP contribution in [-0.2, 0) is 9.59 Å². The number of ether oxygens (including phenoxy) is 1. The van der Waals surface area contributed by atoms with Gasteiger partial charge in [0.1, 0.15) is 5.75 Å². The van der Waals surface area contributed by atoms with Crippen LogP contribution < -0.4 is 15.2 Å². The summed E-state index contributed by atoms with van der Waals surface area (Å²) in [5.74, 6) is -0.985. The van der Waals surface area contributed by atoms with Gasteiger partial charge in [0, 0.05) is 17.1 Å². The smallest absolute Gasteiger partial charge is 0.275 e. The van der Waals surface area contributed by atoms with E-state index in [0.29, 0.717) is 33.4 Å². The lowest BCUT2D eigenvalue weighted by molar-refractivity contribution is -0.121. The minimum Gasteiger partial charge on any atom is -0.497 e. The number of anilines is 1. The molecule has 1 fully saturated rings. The van der Waals surface area contributed by atoms with E-state index < -0.39 is 11.8 Å². The Morgan fingerprint density at radius 2 is 1.79 bits per heavy atom. The van der Waals surface area contributed by atoms with Crippen molar-refractivity contribution in [3.8, 4) is 11.4 Å². The van der Waals surface area contributed by atoms with Gasteiger partial charge < -0.3 is 4.74 Å². The number of aromatic nitrogens is 2. The van der Waals surface area contributed by atoms with Crippen LogP contribution in [-0.4, -0.2) is 28.7 Å². The Kier molecular flexibility index (Phi) is 4.76. The van der Waals surface area contributed by atoms with Gasteiger partial charge in [0.25, 0.3) is 5.56 Å². The molecule has 1 aromatic heterocycles. The second-order valence-corrected chi connectivity index (χ2v) is 7.23. The van der Waals surface area contributed by atoms with Crippen molar-refractivity contribution in [2.45, 2.75) is 19.3 Å². The van der Waals surface area contributed by atoms with E-state index in [1.165, 1.54) is 11.8 Å². The van der Waals surface area contributed by atoms with Crippen molar-refractivity contribution in [3.63, 3.8) is 0 Å². The van der Waals surface area contributed by atoms with Gasteiger partial charge in [-0.05, 0) is 49.4 Å². The lowest BCUT2D eigenvalue weighted by Gasteiger charge is -2.15. The highest BCUT2D eigenvalue weighted by Crippen LogP contribution is 2.33. The minimum atomic E-state index is -0.839. The summed E-state index contributed by atoms with van der Waals surface area (Å²) < 4.78 is 6.45. The number of carbonyl (C=O) groups excluding carboxylic acids is 2. The number of benzene rings is 2. The number of methoxy groups -OCH3 is 1. The molecule has 8 heteroatoms. The zero-order valence-corrected chi connectivity index (χ0v) is 16.6. The molecule has 1 atom stereocenters. The predicted octanol–water partition coefficient (Wildman–Crippen LogP) is 3.18. The summed E-state index contributed by atoms with van der Waals surface area (Å²) in [5.41, 5.74) is 1.47. The van der Waals surface area contributed by atoms with E-state index in [1.54, 1.807) is 55.5 Å². The number of hydrogen-bond donors (Lipinski definition) is 1.